The minimum atomic E-state index is -0.539. The lowest BCUT2D eigenvalue weighted by molar-refractivity contribution is 0.388. The van der Waals surface area contributed by atoms with Crippen LogP contribution in [0.15, 0.2) is 37.7 Å². The molecule has 18 heavy (non-hydrogen) atoms. The van der Waals surface area contributed by atoms with E-state index in [4.69, 9.17) is 4.74 Å². The van der Waals surface area contributed by atoms with Crippen LogP contribution in [-0.4, -0.2) is 12.3 Å². The number of nitrogens with one attached hydrogen (secondary N) is 1. The molecule has 0 spiro atoms. The van der Waals surface area contributed by atoms with Gasteiger partial charge in [-0.2, -0.15) is 0 Å². The Morgan fingerprint density at radius 1 is 1.28 bits per heavy atom. The van der Waals surface area contributed by atoms with Crippen molar-refractivity contribution in [3.63, 3.8) is 0 Å². The largest absolute Gasteiger partial charge is 0.494 e. The van der Waals surface area contributed by atoms with Crippen LogP contribution in [0.2, 0.25) is 0 Å². The third-order valence-corrected chi connectivity index (χ3v) is 2.44. The van der Waals surface area contributed by atoms with Gasteiger partial charge in [0.15, 0.2) is 5.69 Å². The summed E-state index contributed by atoms with van der Waals surface area (Å²) < 4.78 is 9.77. The van der Waals surface area contributed by atoms with Crippen LogP contribution in [0.25, 0.3) is 0 Å². The summed E-state index contributed by atoms with van der Waals surface area (Å²) in [5.74, 6) is 0.599. The molecule has 0 amide bonds. The number of aromatic nitrogens is 1. The van der Waals surface area contributed by atoms with Crippen molar-refractivity contribution in [1.82, 2.24) is 5.16 Å². The van der Waals surface area contributed by atoms with Crippen LogP contribution in [0.1, 0.15) is 11.3 Å². The van der Waals surface area contributed by atoms with E-state index in [1.54, 1.807) is 20.1 Å². The van der Waals surface area contributed by atoms with Crippen LogP contribution in [0.3, 0.4) is 0 Å². The zero-order valence-electron chi connectivity index (χ0n) is 10.4. The summed E-state index contributed by atoms with van der Waals surface area (Å²) in [6.45, 7) is 3.63. The predicted octanol–water partition coefficient (Wildman–Crippen LogP) is 3.01. The van der Waals surface area contributed by atoms with E-state index < -0.39 is 5.63 Å². The van der Waals surface area contributed by atoms with Gasteiger partial charge in [-0.15, -0.1) is 10.2 Å². The smallest absolute Gasteiger partial charge is 0.384 e. The first kappa shape index (κ1) is 12.1. The fourth-order valence-electron chi connectivity index (χ4n) is 1.47. The molecule has 6 nitrogen and oxygen atoms in total. The Bertz CT molecular complexity index is 640. The standard InChI is InChI=1S/C12H13N3O3/c1-7-4-5-10(17-3)9(6-7)13-14-11-8(2)15-18-12(11)16/h4-6,15H,1-3H3. The SMILES string of the molecule is COc1ccc(C)cc1N=Nc1c(C)[nH]oc1=O. The van der Waals surface area contributed by atoms with Crippen molar-refractivity contribution in [1.29, 1.82) is 0 Å². The Kier molecular flexibility index (Phi) is 3.27. The molecule has 1 aromatic heterocycles. The minimum Gasteiger partial charge on any atom is -0.494 e. The summed E-state index contributed by atoms with van der Waals surface area (Å²) in [7, 11) is 1.56. The number of H-pyrrole nitrogens is 1. The van der Waals surface area contributed by atoms with Crippen molar-refractivity contribution in [2.24, 2.45) is 10.2 Å². The fourth-order valence-corrected chi connectivity index (χ4v) is 1.47. The van der Waals surface area contributed by atoms with Gasteiger partial charge in [0.2, 0.25) is 0 Å². The number of hydrogen-bond acceptors (Lipinski definition) is 5. The van der Waals surface area contributed by atoms with E-state index in [1.807, 2.05) is 19.1 Å². The van der Waals surface area contributed by atoms with Crippen molar-refractivity contribution >= 4 is 11.4 Å². The van der Waals surface area contributed by atoms with Gasteiger partial charge in [0.05, 0.1) is 12.8 Å². The van der Waals surface area contributed by atoms with Crippen LogP contribution in [0.5, 0.6) is 5.75 Å². The maximum absolute atomic E-state index is 11.3. The van der Waals surface area contributed by atoms with E-state index in [-0.39, 0.29) is 5.69 Å². The quantitative estimate of drug-likeness (QED) is 0.846. The fraction of sp³-hybridized carbons (Fsp3) is 0.250. The molecule has 0 bridgehead atoms. The van der Waals surface area contributed by atoms with Crippen LogP contribution in [0, 0.1) is 13.8 Å². The molecule has 0 saturated heterocycles. The lowest BCUT2D eigenvalue weighted by atomic mass is 10.2. The maximum atomic E-state index is 11.3. The van der Waals surface area contributed by atoms with E-state index >= 15 is 0 Å². The first-order valence-electron chi connectivity index (χ1n) is 5.36. The van der Waals surface area contributed by atoms with Gasteiger partial charge in [-0.1, -0.05) is 6.07 Å². The lowest BCUT2D eigenvalue weighted by Gasteiger charge is -2.03. The van der Waals surface area contributed by atoms with E-state index in [0.29, 0.717) is 17.1 Å². The van der Waals surface area contributed by atoms with Gasteiger partial charge in [0.25, 0.3) is 0 Å². The highest BCUT2D eigenvalue weighted by molar-refractivity contribution is 5.53. The zero-order valence-corrected chi connectivity index (χ0v) is 10.4. The number of rotatable bonds is 3. The molecule has 2 aromatic rings. The summed E-state index contributed by atoms with van der Waals surface area (Å²) in [6, 6.07) is 5.54. The van der Waals surface area contributed by atoms with E-state index in [2.05, 4.69) is 19.9 Å². The van der Waals surface area contributed by atoms with Crippen LogP contribution in [0.4, 0.5) is 11.4 Å². The topological polar surface area (TPSA) is 80.0 Å². The van der Waals surface area contributed by atoms with Crippen molar-refractivity contribution in [2.75, 3.05) is 7.11 Å². The predicted molar refractivity (Wildman–Crippen MR) is 66.0 cm³/mol. The van der Waals surface area contributed by atoms with Crippen molar-refractivity contribution < 1.29 is 9.26 Å². The molecule has 94 valence electrons. The molecule has 6 heteroatoms. The van der Waals surface area contributed by atoms with Crippen molar-refractivity contribution in [3.8, 4) is 5.75 Å². The Hall–Kier alpha value is -2.37. The third kappa shape index (κ3) is 2.32. The van der Waals surface area contributed by atoms with Gasteiger partial charge in [-0.05, 0) is 31.5 Å². The van der Waals surface area contributed by atoms with Crippen LogP contribution in [-0.2, 0) is 0 Å². The number of benzene rings is 1. The van der Waals surface area contributed by atoms with Gasteiger partial charge < -0.3 is 9.26 Å². The zero-order chi connectivity index (χ0) is 13.1. The maximum Gasteiger partial charge on any atom is 0.384 e. The van der Waals surface area contributed by atoms with Gasteiger partial charge in [0.1, 0.15) is 11.4 Å². The number of ether oxygens (including phenoxy) is 1. The van der Waals surface area contributed by atoms with Gasteiger partial charge in [0, 0.05) is 0 Å². The molecule has 0 aliphatic rings. The number of aromatic amines is 1. The van der Waals surface area contributed by atoms with Crippen LogP contribution < -0.4 is 10.4 Å². The molecule has 0 aliphatic heterocycles. The first-order valence-corrected chi connectivity index (χ1v) is 5.36. The van der Waals surface area contributed by atoms with Gasteiger partial charge in [-0.25, -0.2) is 9.95 Å². The van der Waals surface area contributed by atoms with Crippen molar-refractivity contribution in [3.05, 3.63) is 39.9 Å². The number of hydrogen-bond donors (Lipinski definition) is 1. The first-order chi connectivity index (χ1) is 8.61. The average molecular weight is 247 g/mol. The summed E-state index contributed by atoms with van der Waals surface area (Å²) in [4.78, 5) is 11.3. The second-order valence-corrected chi connectivity index (χ2v) is 3.84. The number of nitrogens with zero attached hydrogens (tertiary/aromatic N) is 2. The summed E-state index contributed by atoms with van der Waals surface area (Å²) in [5.41, 5.74) is 1.76. The Morgan fingerprint density at radius 3 is 2.67 bits per heavy atom. The number of methoxy groups -OCH3 is 1. The molecule has 0 atom stereocenters. The number of aryl methyl sites for hydroxylation is 2. The molecule has 2 rings (SSSR count). The van der Waals surface area contributed by atoms with Gasteiger partial charge in [-0.3, -0.25) is 0 Å². The second-order valence-electron chi connectivity index (χ2n) is 3.84. The van der Waals surface area contributed by atoms with E-state index in [0.717, 1.165) is 5.56 Å². The monoisotopic (exact) mass is 247 g/mol. The van der Waals surface area contributed by atoms with Gasteiger partial charge >= 0.3 is 5.63 Å². The van der Waals surface area contributed by atoms with Crippen molar-refractivity contribution in [2.45, 2.75) is 13.8 Å². The molecule has 0 radical (unpaired) electrons. The number of azo groups is 1. The van der Waals surface area contributed by atoms with Crippen LogP contribution >= 0.6 is 0 Å². The Labute approximate surface area is 103 Å². The third-order valence-electron chi connectivity index (χ3n) is 2.44. The van der Waals surface area contributed by atoms with E-state index in [9.17, 15) is 4.79 Å². The minimum absolute atomic E-state index is 0.165. The Morgan fingerprint density at radius 2 is 2.06 bits per heavy atom. The normalized spacial score (nSPS) is 11.1. The molecule has 1 heterocycles. The Balaban J connectivity index is 2.40. The molecule has 0 aliphatic carbocycles. The molecule has 1 N–H and O–H groups in total. The summed E-state index contributed by atoms with van der Waals surface area (Å²) >= 11 is 0. The highest BCUT2D eigenvalue weighted by Crippen LogP contribution is 2.29. The molecular weight excluding hydrogens is 234 g/mol. The molecule has 0 saturated carbocycles. The highest BCUT2D eigenvalue weighted by atomic mass is 16.5. The average Bonchev–Trinajstić information content (AvgIpc) is 2.67. The lowest BCUT2D eigenvalue weighted by Crippen LogP contribution is -1.90. The highest BCUT2D eigenvalue weighted by Gasteiger charge is 2.08. The van der Waals surface area contributed by atoms with E-state index in [1.165, 1.54) is 0 Å². The summed E-state index contributed by atoms with van der Waals surface area (Å²) in [5, 5.41) is 10.4. The second kappa shape index (κ2) is 4.87. The molecular formula is C12H13N3O3. The summed E-state index contributed by atoms with van der Waals surface area (Å²) in [6.07, 6.45) is 0. The molecule has 0 fully saturated rings. The molecule has 1 aromatic carbocycles. The molecule has 0 unspecified atom stereocenters.